The van der Waals surface area contributed by atoms with E-state index in [2.05, 4.69) is 5.32 Å². The number of carbonyl (C=O) groups excluding carboxylic acids is 4. The minimum absolute atomic E-state index is 0.0632. The van der Waals surface area contributed by atoms with Crippen LogP contribution in [0.4, 0.5) is 0 Å². The van der Waals surface area contributed by atoms with Crippen molar-refractivity contribution in [3.05, 3.63) is 22.5 Å². The maximum absolute atomic E-state index is 12.7. The van der Waals surface area contributed by atoms with Crippen molar-refractivity contribution in [2.75, 3.05) is 20.8 Å². The van der Waals surface area contributed by atoms with E-state index in [1.165, 1.54) is 0 Å². The number of methoxy groups -OCH3 is 2. The van der Waals surface area contributed by atoms with E-state index in [9.17, 15) is 19.2 Å². The molecule has 0 unspecified atom stereocenters. The number of Topliss-reactive ketones (excluding diaryl/α,β-unsaturated/α-hetero) is 1. The van der Waals surface area contributed by atoms with Crippen molar-refractivity contribution in [1.82, 2.24) is 5.32 Å². The molecule has 144 valence electrons. The summed E-state index contributed by atoms with van der Waals surface area (Å²) in [6.45, 7) is 7.77. The molecule has 1 rings (SSSR count). The van der Waals surface area contributed by atoms with Gasteiger partial charge in [0.15, 0.2) is 12.4 Å². The number of hydrogen-bond donors (Lipinski definition) is 1. The fraction of sp³-hybridized carbons (Fsp3) is 0.556. The van der Waals surface area contributed by atoms with E-state index in [1.807, 2.05) is 0 Å². The number of hydrogen-bond acceptors (Lipinski definition) is 8. The molecule has 8 heteroatoms. The molecule has 0 aromatic rings. The van der Waals surface area contributed by atoms with Gasteiger partial charge >= 0.3 is 17.9 Å². The number of ether oxygens (including phenoxy) is 3. The molecule has 0 saturated carbocycles. The SMILES string of the molecule is COC(=O)C1=C(C)NC(C)=C(C(=O)OC)C1C(=O)OCC(=O)C(C)(C)C. The minimum atomic E-state index is -1.34. The van der Waals surface area contributed by atoms with E-state index in [0.717, 1.165) is 14.2 Å². The van der Waals surface area contributed by atoms with Crippen molar-refractivity contribution < 1.29 is 33.4 Å². The average Bonchev–Trinajstić information content (AvgIpc) is 2.56. The van der Waals surface area contributed by atoms with Gasteiger partial charge in [0.05, 0.1) is 25.4 Å². The molecule has 26 heavy (non-hydrogen) atoms. The van der Waals surface area contributed by atoms with E-state index < -0.39 is 35.8 Å². The molecule has 1 heterocycles. The lowest BCUT2D eigenvalue weighted by atomic mass is 9.85. The Labute approximate surface area is 152 Å². The first-order valence-electron chi connectivity index (χ1n) is 8.00. The number of nitrogens with one attached hydrogen (secondary N) is 1. The van der Waals surface area contributed by atoms with E-state index in [4.69, 9.17) is 14.2 Å². The number of allylic oxidation sites excluding steroid dienone is 2. The largest absolute Gasteiger partial charge is 0.466 e. The molecule has 0 aromatic heterocycles. The third-order valence-corrected chi connectivity index (χ3v) is 3.99. The molecule has 8 nitrogen and oxygen atoms in total. The van der Waals surface area contributed by atoms with E-state index in [1.54, 1.807) is 34.6 Å². The van der Waals surface area contributed by atoms with Crippen LogP contribution in [0.3, 0.4) is 0 Å². The summed E-state index contributed by atoms with van der Waals surface area (Å²) in [6.07, 6.45) is 0. The van der Waals surface area contributed by atoms with E-state index in [-0.39, 0.29) is 16.9 Å². The zero-order chi connectivity index (χ0) is 20.2. The highest BCUT2D eigenvalue weighted by Gasteiger charge is 2.42. The summed E-state index contributed by atoms with van der Waals surface area (Å²) < 4.78 is 14.6. The first-order chi connectivity index (χ1) is 11.9. The number of dihydropyridines is 1. The topological polar surface area (TPSA) is 108 Å². The molecule has 0 bridgehead atoms. The molecular formula is C18H25NO7. The van der Waals surface area contributed by atoms with E-state index in [0.29, 0.717) is 11.4 Å². The summed E-state index contributed by atoms with van der Waals surface area (Å²) in [6, 6.07) is 0. The highest BCUT2D eigenvalue weighted by molar-refractivity contribution is 6.05. The van der Waals surface area contributed by atoms with Gasteiger partial charge in [0.2, 0.25) is 0 Å². The van der Waals surface area contributed by atoms with Crippen molar-refractivity contribution in [3.8, 4) is 0 Å². The molecule has 0 aromatic carbocycles. The summed E-state index contributed by atoms with van der Waals surface area (Å²) in [4.78, 5) is 49.1. The van der Waals surface area contributed by atoms with Crippen molar-refractivity contribution >= 4 is 23.7 Å². The maximum atomic E-state index is 12.7. The number of carbonyl (C=O) groups is 4. The van der Waals surface area contributed by atoms with Crippen LogP contribution in [0.25, 0.3) is 0 Å². The second-order valence-electron chi connectivity index (χ2n) is 6.90. The molecule has 0 fully saturated rings. The van der Waals surface area contributed by atoms with Gasteiger partial charge in [-0.1, -0.05) is 20.8 Å². The fourth-order valence-electron chi connectivity index (χ4n) is 2.43. The summed E-state index contributed by atoms with van der Waals surface area (Å²) in [7, 11) is 2.33. The van der Waals surface area contributed by atoms with Crippen molar-refractivity contribution in [2.24, 2.45) is 11.3 Å². The highest BCUT2D eigenvalue weighted by atomic mass is 16.5. The molecule has 0 spiro atoms. The zero-order valence-corrected chi connectivity index (χ0v) is 16.1. The third kappa shape index (κ3) is 4.50. The number of ketones is 1. The normalized spacial score (nSPS) is 15.3. The van der Waals surface area contributed by atoms with Gasteiger partial charge in [-0.3, -0.25) is 9.59 Å². The van der Waals surface area contributed by atoms with Crippen LogP contribution in [0.2, 0.25) is 0 Å². The Morgan fingerprint density at radius 2 is 1.35 bits per heavy atom. The van der Waals surface area contributed by atoms with Crippen LogP contribution in [0.15, 0.2) is 22.5 Å². The Kier molecular flexibility index (Phi) is 6.72. The molecule has 1 aliphatic heterocycles. The van der Waals surface area contributed by atoms with Crippen molar-refractivity contribution in [1.29, 1.82) is 0 Å². The number of esters is 3. The minimum Gasteiger partial charge on any atom is -0.466 e. The Morgan fingerprint density at radius 1 is 0.923 bits per heavy atom. The molecule has 0 atom stereocenters. The Bertz CT molecular complexity index is 657. The molecular weight excluding hydrogens is 342 g/mol. The summed E-state index contributed by atoms with van der Waals surface area (Å²) in [5.74, 6) is -4.10. The molecule has 0 amide bonds. The van der Waals surface area contributed by atoms with Crippen LogP contribution in [0.1, 0.15) is 34.6 Å². The maximum Gasteiger partial charge on any atom is 0.336 e. The van der Waals surface area contributed by atoms with Gasteiger partial charge < -0.3 is 19.5 Å². The van der Waals surface area contributed by atoms with Crippen LogP contribution in [0.5, 0.6) is 0 Å². The predicted octanol–water partition coefficient (Wildman–Crippen LogP) is 1.26. The van der Waals surface area contributed by atoms with Crippen molar-refractivity contribution in [3.63, 3.8) is 0 Å². The average molecular weight is 367 g/mol. The number of rotatable bonds is 5. The summed E-state index contributed by atoms with van der Waals surface area (Å²) in [5.41, 5.74) is -0.113. The van der Waals surface area contributed by atoms with Crippen LogP contribution in [-0.2, 0) is 33.4 Å². The summed E-state index contributed by atoms with van der Waals surface area (Å²) >= 11 is 0. The summed E-state index contributed by atoms with van der Waals surface area (Å²) in [5, 5.41) is 2.87. The second kappa shape index (κ2) is 8.16. The monoisotopic (exact) mass is 367 g/mol. The van der Waals surface area contributed by atoms with Crippen LogP contribution in [0, 0.1) is 11.3 Å². The van der Waals surface area contributed by atoms with Gasteiger partial charge in [-0.25, -0.2) is 9.59 Å². The first kappa shape index (κ1) is 21.4. The molecule has 0 radical (unpaired) electrons. The highest BCUT2D eigenvalue weighted by Crippen LogP contribution is 2.32. The Morgan fingerprint density at radius 3 is 1.69 bits per heavy atom. The lowest BCUT2D eigenvalue weighted by Gasteiger charge is -2.28. The lowest BCUT2D eigenvalue weighted by Crippen LogP contribution is -2.39. The Hall–Kier alpha value is -2.64. The fourth-order valence-corrected chi connectivity index (χ4v) is 2.43. The van der Waals surface area contributed by atoms with Crippen LogP contribution < -0.4 is 5.32 Å². The zero-order valence-electron chi connectivity index (χ0n) is 16.1. The van der Waals surface area contributed by atoms with Crippen molar-refractivity contribution in [2.45, 2.75) is 34.6 Å². The molecule has 0 saturated heterocycles. The van der Waals surface area contributed by atoms with Gasteiger partial charge in [-0.2, -0.15) is 0 Å². The van der Waals surface area contributed by atoms with Crippen LogP contribution >= 0.6 is 0 Å². The van der Waals surface area contributed by atoms with Gasteiger partial charge in [0.1, 0.15) is 5.92 Å². The van der Waals surface area contributed by atoms with Gasteiger partial charge in [0.25, 0.3) is 0 Å². The van der Waals surface area contributed by atoms with E-state index >= 15 is 0 Å². The van der Waals surface area contributed by atoms with Gasteiger partial charge in [0, 0.05) is 16.8 Å². The third-order valence-electron chi connectivity index (χ3n) is 3.99. The molecule has 1 aliphatic rings. The lowest BCUT2D eigenvalue weighted by molar-refractivity contribution is -0.154. The second-order valence-corrected chi connectivity index (χ2v) is 6.90. The van der Waals surface area contributed by atoms with Crippen LogP contribution in [-0.4, -0.2) is 44.5 Å². The molecule has 0 aliphatic carbocycles. The molecule has 1 N–H and O–H groups in total. The predicted molar refractivity (Wildman–Crippen MR) is 91.5 cm³/mol. The quantitative estimate of drug-likeness (QED) is 0.571. The van der Waals surface area contributed by atoms with Gasteiger partial charge in [-0.15, -0.1) is 0 Å². The smallest absolute Gasteiger partial charge is 0.336 e. The standard InChI is InChI=1S/C18H25NO7/c1-9-12(15(21)24-6)14(13(10(2)19-9)16(22)25-7)17(23)26-8-11(20)18(3,4)5/h14,19H,8H2,1-7H3. The van der Waals surface area contributed by atoms with Gasteiger partial charge in [-0.05, 0) is 13.8 Å². The Balaban J connectivity index is 3.28. The first-order valence-corrected chi connectivity index (χ1v) is 8.00.